The fraction of sp³-hybridized carbons (Fsp3) is 0.600. The Labute approximate surface area is 134 Å². The van der Waals surface area contributed by atoms with E-state index in [9.17, 15) is 24.2 Å². The van der Waals surface area contributed by atoms with Crippen molar-refractivity contribution in [1.82, 2.24) is 14.6 Å². The Bertz CT molecular complexity index is 767. The molecule has 0 spiro atoms. The van der Waals surface area contributed by atoms with Crippen molar-refractivity contribution in [2.45, 2.75) is 24.0 Å². The summed E-state index contributed by atoms with van der Waals surface area (Å²) in [6.07, 6.45) is -0.654. The molecule has 1 aromatic rings. The molecule has 0 aliphatic carbocycles. The van der Waals surface area contributed by atoms with Crippen molar-refractivity contribution >= 4 is 20.7 Å². The van der Waals surface area contributed by atoms with Gasteiger partial charge in [0.25, 0.3) is 5.56 Å². The molecule has 1 unspecified atom stereocenters. The minimum atomic E-state index is -4.25. The maximum absolute atomic E-state index is 11.9. The van der Waals surface area contributed by atoms with Crippen molar-refractivity contribution in [3.8, 4) is 0 Å². The van der Waals surface area contributed by atoms with Crippen LogP contribution in [-0.4, -0.2) is 50.5 Å². The molecule has 0 aromatic carbocycles. The van der Waals surface area contributed by atoms with Gasteiger partial charge in [0.05, 0.1) is 19.3 Å². The second-order valence-corrected chi connectivity index (χ2v) is 7.19. The lowest BCUT2D eigenvalue weighted by molar-refractivity contribution is -0.185. The highest BCUT2D eigenvalue weighted by molar-refractivity contribution is 7.81. The van der Waals surface area contributed by atoms with Crippen molar-refractivity contribution in [3.63, 3.8) is 0 Å². The zero-order chi connectivity index (χ0) is 16.8. The van der Waals surface area contributed by atoms with E-state index in [2.05, 4.69) is 27.0 Å². The first-order chi connectivity index (χ1) is 10.8. The zero-order valence-corrected chi connectivity index (χ0v) is 13.3. The average molecular weight is 367 g/mol. The first kappa shape index (κ1) is 16.9. The van der Waals surface area contributed by atoms with E-state index in [-0.39, 0.29) is 6.61 Å². The summed E-state index contributed by atoms with van der Waals surface area (Å²) in [6, 6.07) is 0.192. The normalized spacial score (nSPS) is 35.3. The molecule has 4 N–H and O–H groups in total. The zero-order valence-electron chi connectivity index (χ0n) is 11.5. The Hall–Kier alpha value is -0.980. The fourth-order valence-corrected chi connectivity index (χ4v) is 3.72. The molecule has 0 amide bonds. The van der Waals surface area contributed by atoms with E-state index >= 15 is 0 Å². The Balaban J connectivity index is 1.96. The maximum atomic E-state index is 11.9. The molecule has 0 saturated carbocycles. The number of thiol groups is 1. The first-order valence-electron chi connectivity index (χ1n) is 6.47. The molecule has 0 radical (unpaired) electrons. The van der Waals surface area contributed by atoms with Crippen molar-refractivity contribution in [2.75, 3.05) is 13.2 Å². The molecule has 3 heterocycles. The SMILES string of the molecule is O=c1ccn([C@@H]2O[C@@]3(CO)CO[C@H]2[C@@H]3NP(=O)(O)OS)c(=O)[nH]1. The molecular formula is C10H14N3O8PS. The van der Waals surface area contributed by atoms with Crippen molar-refractivity contribution in [3.05, 3.63) is 33.1 Å². The van der Waals surface area contributed by atoms with Gasteiger partial charge in [-0.05, 0) is 12.9 Å². The van der Waals surface area contributed by atoms with Crippen LogP contribution in [-0.2, 0) is 18.0 Å². The van der Waals surface area contributed by atoms with Gasteiger partial charge < -0.3 is 19.5 Å². The van der Waals surface area contributed by atoms with Crippen LogP contribution in [0.25, 0.3) is 0 Å². The van der Waals surface area contributed by atoms with Crippen molar-refractivity contribution in [2.24, 2.45) is 0 Å². The summed E-state index contributed by atoms with van der Waals surface area (Å²) >= 11 is 3.32. The van der Waals surface area contributed by atoms with E-state index in [0.29, 0.717) is 0 Å². The summed E-state index contributed by atoms with van der Waals surface area (Å²) in [6.45, 7) is -0.574. The summed E-state index contributed by atoms with van der Waals surface area (Å²) in [5.41, 5.74) is -2.65. The summed E-state index contributed by atoms with van der Waals surface area (Å²) in [7, 11) is -4.25. The van der Waals surface area contributed by atoms with E-state index in [1.54, 1.807) is 0 Å². The highest BCUT2D eigenvalue weighted by Gasteiger charge is 2.63. The summed E-state index contributed by atoms with van der Waals surface area (Å²) in [4.78, 5) is 34.6. The van der Waals surface area contributed by atoms with E-state index < -0.39 is 49.6 Å². The number of nitrogens with one attached hydrogen (secondary N) is 2. The van der Waals surface area contributed by atoms with Crippen LogP contribution in [0.1, 0.15) is 6.23 Å². The number of aliphatic hydroxyl groups is 1. The third kappa shape index (κ3) is 2.81. The molecule has 2 bridgehead atoms. The van der Waals surface area contributed by atoms with Crippen LogP contribution in [0.4, 0.5) is 0 Å². The minimum absolute atomic E-state index is 0.0486. The number of aromatic nitrogens is 2. The smallest absolute Gasteiger partial charge is 0.393 e. The molecule has 128 valence electrons. The second kappa shape index (κ2) is 5.83. The van der Waals surface area contributed by atoms with Crippen molar-refractivity contribution in [1.29, 1.82) is 0 Å². The summed E-state index contributed by atoms with van der Waals surface area (Å²) in [5.74, 6) is 0. The molecule has 2 aliphatic rings. The van der Waals surface area contributed by atoms with Gasteiger partial charge in [0.2, 0.25) is 0 Å². The van der Waals surface area contributed by atoms with Crippen LogP contribution in [0.15, 0.2) is 21.9 Å². The van der Waals surface area contributed by atoms with Crippen LogP contribution in [0, 0.1) is 0 Å². The fourth-order valence-electron chi connectivity index (χ4n) is 2.80. The van der Waals surface area contributed by atoms with Gasteiger partial charge in [-0.1, -0.05) is 0 Å². The lowest BCUT2D eigenvalue weighted by Crippen LogP contribution is -2.50. The lowest BCUT2D eigenvalue weighted by Gasteiger charge is -2.30. The number of nitrogens with zero attached hydrogens (tertiary/aromatic N) is 1. The van der Waals surface area contributed by atoms with Gasteiger partial charge in [-0.15, -0.1) is 0 Å². The van der Waals surface area contributed by atoms with E-state index in [1.165, 1.54) is 6.20 Å². The van der Waals surface area contributed by atoms with Crippen LogP contribution < -0.4 is 16.3 Å². The van der Waals surface area contributed by atoms with Crippen LogP contribution in [0.2, 0.25) is 0 Å². The van der Waals surface area contributed by atoms with E-state index in [4.69, 9.17) is 9.47 Å². The second-order valence-electron chi connectivity index (χ2n) is 5.23. The molecule has 3 rings (SSSR count). The van der Waals surface area contributed by atoms with Gasteiger partial charge in [-0.3, -0.25) is 14.3 Å². The Morgan fingerprint density at radius 2 is 2.35 bits per heavy atom. The predicted molar refractivity (Wildman–Crippen MR) is 77.8 cm³/mol. The van der Waals surface area contributed by atoms with Crippen LogP contribution in [0.3, 0.4) is 0 Å². The topological polar surface area (TPSA) is 152 Å². The average Bonchev–Trinajstić information content (AvgIpc) is 2.99. The quantitative estimate of drug-likeness (QED) is 0.229. The highest BCUT2D eigenvalue weighted by Crippen LogP contribution is 2.49. The molecule has 2 saturated heterocycles. The minimum Gasteiger partial charge on any atom is -0.393 e. The van der Waals surface area contributed by atoms with Crippen LogP contribution >= 0.6 is 20.7 Å². The van der Waals surface area contributed by atoms with E-state index in [1.807, 2.05) is 0 Å². The number of aromatic amines is 1. The molecule has 11 nitrogen and oxygen atoms in total. The number of fused-ring (bicyclic) bond motifs is 2. The van der Waals surface area contributed by atoms with Gasteiger partial charge in [0.1, 0.15) is 11.7 Å². The number of aliphatic hydroxyl groups excluding tert-OH is 1. The Morgan fingerprint density at radius 1 is 1.61 bits per heavy atom. The third-order valence-electron chi connectivity index (χ3n) is 3.86. The number of ether oxygens (including phenoxy) is 2. The Morgan fingerprint density at radius 3 is 2.96 bits per heavy atom. The third-order valence-corrected chi connectivity index (χ3v) is 5.35. The van der Waals surface area contributed by atoms with Crippen LogP contribution in [0.5, 0.6) is 0 Å². The molecule has 2 aliphatic heterocycles. The number of hydrogen-bond donors (Lipinski definition) is 5. The number of hydrogen-bond acceptors (Lipinski definition) is 8. The molecule has 1 aromatic heterocycles. The van der Waals surface area contributed by atoms with Gasteiger partial charge in [0.15, 0.2) is 6.23 Å². The first-order valence-corrected chi connectivity index (χ1v) is 8.42. The van der Waals surface area contributed by atoms with Crippen molar-refractivity contribution < 1.29 is 28.0 Å². The van der Waals surface area contributed by atoms with Gasteiger partial charge >= 0.3 is 13.4 Å². The monoisotopic (exact) mass is 367 g/mol. The van der Waals surface area contributed by atoms with E-state index in [0.717, 1.165) is 10.6 Å². The Kier molecular flexibility index (Phi) is 4.27. The summed E-state index contributed by atoms with van der Waals surface area (Å²) < 4.78 is 28.1. The maximum Gasteiger partial charge on any atom is 0.414 e. The molecule has 13 heteroatoms. The molecule has 23 heavy (non-hydrogen) atoms. The van der Waals surface area contributed by atoms with Gasteiger partial charge in [0, 0.05) is 12.3 Å². The molecule has 2 fully saturated rings. The largest absolute Gasteiger partial charge is 0.414 e. The molecule has 5 atom stereocenters. The van der Waals surface area contributed by atoms with Gasteiger partial charge in [-0.25, -0.2) is 18.4 Å². The predicted octanol–water partition coefficient (Wildman–Crippen LogP) is -1.88. The highest BCUT2D eigenvalue weighted by atomic mass is 32.1. The summed E-state index contributed by atoms with van der Waals surface area (Å²) in [5, 5.41) is 11.9. The van der Waals surface area contributed by atoms with Gasteiger partial charge in [-0.2, -0.15) is 0 Å². The number of rotatable bonds is 5. The molecular weight excluding hydrogens is 353 g/mol. The lowest BCUT2D eigenvalue weighted by atomic mass is 9.98. The number of H-pyrrole nitrogens is 1. The standard InChI is InChI=1S/C10H14N3O8PS/c14-3-10-4-19-6(7(10)12-22(17,18)21-23)8(20-10)13-2-1-5(15)11-9(13)16/h1-2,6-8,14,23H,3-4H2,(H,11,15,16)(H2,12,17,18)/t6-,7-,8+,10-/m0/s1.